The van der Waals surface area contributed by atoms with E-state index in [0.717, 1.165) is 0 Å². The molecule has 0 spiro atoms. The highest BCUT2D eigenvalue weighted by Crippen LogP contribution is 1.88. The molecule has 1 radical (unpaired) electrons. The molecule has 0 atom stereocenters. The lowest BCUT2D eigenvalue weighted by Crippen LogP contribution is -2.56. The first-order valence-corrected chi connectivity index (χ1v) is 2.81. The number of nitrogens with one attached hydrogen (secondary N) is 2. The van der Waals surface area contributed by atoms with Crippen molar-refractivity contribution >= 4 is 23.6 Å². The summed E-state index contributed by atoms with van der Waals surface area (Å²) >= 11 is 0. The summed E-state index contributed by atoms with van der Waals surface area (Å²) in [4.78, 5) is 36.0. The van der Waals surface area contributed by atoms with Crippen molar-refractivity contribution in [2.45, 2.75) is 0 Å². The van der Waals surface area contributed by atoms with Crippen molar-refractivity contribution in [2.75, 3.05) is 0 Å². The van der Waals surface area contributed by atoms with Crippen LogP contribution in [-0.4, -0.2) is 23.6 Å². The zero-order chi connectivity index (χ0) is 9.14. The van der Waals surface area contributed by atoms with Crippen molar-refractivity contribution in [3.05, 3.63) is 7.11 Å². The summed E-state index contributed by atoms with van der Waals surface area (Å²) in [6, 6.07) is -0.881. The Morgan fingerprint density at radius 1 is 1.17 bits per heavy atom. The molecule has 7 nitrogen and oxygen atoms in total. The Kier molecular flexibility index (Phi) is 2.04. The van der Waals surface area contributed by atoms with Crippen LogP contribution < -0.4 is 10.6 Å². The molecule has 0 bridgehead atoms. The Hall–Kier alpha value is -1.92. The molecule has 1 aliphatic rings. The van der Waals surface area contributed by atoms with Crippen LogP contribution in [0.2, 0.25) is 0 Å². The molecule has 1 heterocycles. The van der Waals surface area contributed by atoms with Gasteiger partial charge < -0.3 is 4.84 Å². The van der Waals surface area contributed by atoms with Gasteiger partial charge in [-0.3, -0.25) is 20.2 Å². The first-order chi connectivity index (χ1) is 5.65. The van der Waals surface area contributed by atoms with E-state index < -0.39 is 23.6 Å². The SMILES string of the molecule is [CH2]ON=C1C(=O)NC(=O)NC1=O. The summed E-state index contributed by atoms with van der Waals surface area (Å²) in [6.07, 6.45) is 0. The number of imide groups is 2. The van der Waals surface area contributed by atoms with Gasteiger partial charge in [-0.05, 0) is 0 Å². The van der Waals surface area contributed by atoms with Gasteiger partial charge in [0.15, 0.2) is 7.11 Å². The summed E-state index contributed by atoms with van der Waals surface area (Å²) in [7, 11) is 2.84. The molecular formula is C5H4N3O4. The fourth-order valence-corrected chi connectivity index (χ4v) is 0.606. The second-order valence-corrected chi connectivity index (χ2v) is 1.81. The third kappa shape index (κ3) is 1.39. The third-order valence-electron chi connectivity index (χ3n) is 1.04. The van der Waals surface area contributed by atoms with Gasteiger partial charge in [-0.25, -0.2) is 4.79 Å². The first kappa shape index (κ1) is 8.18. The first-order valence-electron chi connectivity index (χ1n) is 2.81. The second-order valence-electron chi connectivity index (χ2n) is 1.81. The minimum atomic E-state index is -0.910. The molecular weight excluding hydrogens is 166 g/mol. The van der Waals surface area contributed by atoms with Gasteiger partial charge in [0, 0.05) is 0 Å². The van der Waals surface area contributed by atoms with Crippen molar-refractivity contribution in [3.8, 4) is 0 Å². The molecule has 63 valence electrons. The number of urea groups is 1. The van der Waals surface area contributed by atoms with Gasteiger partial charge in [0.1, 0.15) is 0 Å². The van der Waals surface area contributed by atoms with Crippen molar-refractivity contribution in [3.63, 3.8) is 0 Å². The molecule has 1 rings (SSSR count). The molecule has 2 N–H and O–H groups in total. The monoisotopic (exact) mass is 170 g/mol. The van der Waals surface area contributed by atoms with Gasteiger partial charge in [-0.1, -0.05) is 5.16 Å². The van der Waals surface area contributed by atoms with Crippen LogP contribution in [0.3, 0.4) is 0 Å². The van der Waals surface area contributed by atoms with E-state index >= 15 is 0 Å². The van der Waals surface area contributed by atoms with Crippen LogP contribution in [0.4, 0.5) is 4.79 Å². The zero-order valence-corrected chi connectivity index (χ0v) is 5.79. The Balaban J connectivity index is 2.88. The smallest absolute Gasteiger partial charge is 0.328 e. The van der Waals surface area contributed by atoms with E-state index in [-0.39, 0.29) is 0 Å². The number of amides is 4. The number of hydrogen-bond acceptors (Lipinski definition) is 5. The molecule has 4 amide bonds. The van der Waals surface area contributed by atoms with E-state index in [4.69, 9.17) is 0 Å². The summed E-state index contributed by atoms with van der Waals surface area (Å²) in [5.74, 6) is -1.82. The number of barbiturate groups is 1. The fourth-order valence-electron chi connectivity index (χ4n) is 0.606. The summed E-state index contributed by atoms with van der Waals surface area (Å²) in [5.41, 5.74) is -0.537. The molecule has 0 aromatic rings. The number of oxime groups is 1. The van der Waals surface area contributed by atoms with Crippen molar-refractivity contribution in [1.82, 2.24) is 10.6 Å². The van der Waals surface area contributed by atoms with Crippen LogP contribution in [0.25, 0.3) is 0 Å². The normalized spacial score (nSPS) is 16.8. The van der Waals surface area contributed by atoms with Crippen LogP contribution in [0.5, 0.6) is 0 Å². The summed E-state index contributed by atoms with van der Waals surface area (Å²) in [6.45, 7) is 0. The predicted molar refractivity (Wildman–Crippen MR) is 35.6 cm³/mol. The van der Waals surface area contributed by atoms with Crippen LogP contribution >= 0.6 is 0 Å². The maximum atomic E-state index is 10.8. The highest BCUT2D eigenvalue weighted by atomic mass is 16.6. The lowest BCUT2D eigenvalue weighted by molar-refractivity contribution is -0.119. The van der Waals surface area contributed by atoms with E-state index in [1.54, 1.807) is 10.6 Å². The number of hydrogen-bond donors (Lipinski definition) is 2. The van der Waals surface area contributed by atoms with Crippen LogP contribution in [-0.2, 0) is 14.4 Å². The van der Waals surface area contributed by atoms with Gasteiger partial charge in [0.2, 0.25) is 5.71 Å². The molecule has 1 saturated heterocycles. The van der Waals surface area contributed by atoms with Gasteiger partial charge in [0.05, 0.1) is 0 Å². The maximum absolute atomic E-state index is 10.8. The molecule has 0 aliphatic carbocycles. The molecule has 1 aliphatic heterocycles. The minimum Gasteiger partial charge on any atom is -0.391 e. The largest absolute Gasteiger partial charge is 0.391 e. The fraction of sp³-hybridized carbons (Fsp3) is 0. The quantitative estimate of drug-likeness (QED) is 0.469. The average molecular weight is 170 g/mol. The van der Waals surface area contributed by atoms with Crippen molar-refractivity contribution in [1.29, 1.82) is 0 Å². The molecule has 12 heavy (non-hydrogen) atoms. The standard InChI is InChI=1S/C5H4N3O4/c1-12-8-2-3(9)6-5(11)7-4(2)10/h1H2,(H2,6,7,9,10,11). The number of nitrogens with zero attached hydrogens (tertiary/aromatic N) is 1. The third-order valence-corrected chi connectivity index (χ3v) is 1.04. The average Bonchev–Trinajstić information content (AvgIpc) is 1.96. The van der Waals surface area contributed by atoms with Crippen molar-refractivity contribution < 1.29 is 19.2 Å². The highest BCUT2D eigenvalue weighted by Gasteiger charge is 2.30. The molecule has 7 heteroatoms. The highest BCUT2D eigenvalue weighted by molar-refractivity contribution is 6.68. The molecule has 0 aromatic carbocycles. The number of carbonyl (C=O) groups excluding carboxylic acids is 3. The molecule has 1 fully saturated rings. The molecule has 0 saturated carbocycles. The van der Waals surface area contributed by atoms with E-state index in [0.29, 0.717) is 0 Å². The van der Waals surface area contributed by atoms with E-state index in [1.807, 2.05) is 0 Å². The minimum absolute atomic E-state index is 0.537. The summed E-state index contributed by atoms with van der Waals surface area (Å²) in [5, 5.41) is 6.60. The topological polar surface area (TPSA) is 96.9 Å². The van der Waals surface area contributed by atoms with Crippen LogP contribution in [0.1, 0.15) is 0 Å². The Morgan fingerprint density at radius 3 is 2.08 bits per heavy atom. The van der Waals surface area contributed by atoms with E-state index in [2.05, 4.69) is 17.1 Å². The Labute approximate surface area is 66.7 Å². The van der Waals surface area contributed by atoms with E-state index in [9.17, 15) is 14.4 Å². The lowest BCUT2D eigenvalue weighted by Gasteiger charge is -2.11. The maximum Gasteiger partial charge on any atom is 0.328 e. The van der Waals surface area contributed by atoms with Gasteiger partial charge in [-0.2, -0.15) is 0 Å². The van der Waals surface area contributed by atoms with E-state index in [1.165, 1.54) is 0 Å². The van der Waals surface area contributed by atoms with Gasteiger partial charge in [0.25, 0.3) is 11.8 Å². The molecule has 0 unspecified atom stereocenters. The lowest BCUT2D eigenvalue weighted by atomic mass is 10.3. The van der Waals surface area contributed by atoms with Crippen LogP contribution in [0.15, 0.2) is 5.16 Å². The zero-order valence-electron chi connectivity index (χ0n) is 5.79. The Morgan fingerprint density at radius 2 is 1.67 bits per heavy atom. The number of carbonyl (C=O) groups is 3. The second kappa shape index (κ2) is 2.99. The van der Waals surface area contributed by atoms with Crippen LogP contribution in [0, 0.1) is 7.11 Å². The Bertz CT molecular complexity index is 260. The van der Waals surface area contributed by atoms with Crippen molar-refractivity contribution in [2.24, 2.45) is 5.16 Å². The van der Waals surface area contributed by atoms with Gasteiger partial charge in [-0.15, -0.1) is 0 Å². The summed E-state index contributed by atoms with van der Waals surface area (Å²) < 4.78 is 0. The number of rotatable bonds is 1. The van der Waals surface area contributed by atoms with Gasteiger partial charge >= 0.3 is 6.03 Å². The predicted octanol–water partition coefficient (Wildman–Crippen LogP) is -1.48. The molecule has 0 aromatic heterocycles.